The number of rotatable bonds is 6. The van der Waals surface area contributed by atoms with E-state index in [0.717, 1.165) is 16.7 Å². The number of aromatic nitrogens is 2. The minimum absolute atomic E-state index is 0.194. The molecular weight excluding hydrogens is 486 g/mol. The fourth-order valence-electron chi connectivity index (χ4n) is 4.51. The Kier molecular flexibility index (Phi) is 6.50. The molecule has 38 heavy (non-hydrogen) atoms. The summed E-state index contributed by atoms with van der Waals surface area (Å²) in [4.78, 5) is 38.6. The van der Waals surface area contributed by atoms with E-state index in [9.17, 15) is 14.4 Å². The van der Waals surface area contributed by atoms with Gasteiger partial charge < -0.3 is 19.5 Å². The molecule has 1 amide bonds. The summed E-state index contributed by atoms with van der Waals surface area (Å²) in [5, 5.41) is 2.82. The van der Waals surface area contributed by atoms with Crippen molar-refractivity contribution in [2.75, 3.05) is 19.5 Å². The van der Waals surface area contributed by atoms with Crippen molar-refractivity contribution in [2.24, 2.45) is 0 Å². The predicted molar refractivity (Wildman–Crippen MR) is 142 cm³/mol. The standard InChI is InChI=1S/C29H27N3O6/c1-17-8-13-22(14-18(17)2)32-27(34)23-15-20-6-5-7-24(36-3)26(20)38-28(23)31(32)16-25(33)30-21-11-9-19(10-12-21)29(35)37-4/h5-14H,15-16H2,1-4H3,(H,30,33). The van der Waals surface area contributed by atoms with Gasteiger partial charge in [-0.05, 0) is 67.4 Å². The molecule has 1 N–H and O–H groups in total. The summed E-state index contributed by atoms with van der Waals surface area (Å²) in [7, 11) is 2.86. The molecule has 0 saturated heterocycles. The van der Waals surface area contributed by atoms with Gasteiger partial charge in [0.1, 0.15) is 6.54 Å². The van der Waals surface area contributed by atoms with Crippen LogP contribution >= 0.6 is 0 Å². The largest absolute Gasteiger partial charge is 0.493 e. The summed E-state index contributed by atoms with van der Waals surface area (Å²) in [6.07, 6.45) is 0.342. The van der Waals surface area contributed by atoms with Gasteiger partial charge >= 0.3 is 5.97 Å². The average Bonchev–Trinajstić information content (AvgIpc) is 3.18. The molecule has 1 aliphatic rings. The Bertz CT molecular complexity index is 1610. The van der Waals surface area contributed by atoms with Gasteiger partial charge in [0.2, 0.25) is 11.8 Å². The number of benzene rings is 3. The summed E-state index contributed by atoms with van der Waals surface area (Å²) in [5.41, 5.74) is 4.63. The molecule has 0 unspecified atom stereocenters. The highest BCUT2D eigenvalue weighted by Gasteiger charge is 2.31. The maximum Gasteiger partial charge on any atom is 0.337 e. The summed E-state index contributed by atoms with van der Waals surface area (Å²) in [6.45, 7) is 3.77. The number of para-hydroxylation sites is 1. The number of ether oxygens (including phenoxy) is 3. The summed E-state index contributed by atoms with van der Waals surface area (Å²) < 4.78 is 19.5. The second-order valence-corrected chi connectivity index (χ2v) is 9.07. The van der Waals surface area contributed by atoms with Crippen molar-refractivity contribution in [1.29, 1.82) is 0 Å². The second kappa shape index (κ2) is 9.93. The van der Waals surface area contributed by atoms with Crippen LogP contribution in [0.15, 0.2) is 65.5 Å². The first-order valence-electron chi connectivity index (χ1n) is 12.0. The van der Waals surface area contributed by atoms with Gasteiger partial charge in [-0.2, -0.15) is 0 Å². The number of carbonyl (C=O) groups excluding carboxylic acids is 2. The van der Waals surface area contributed by atoms with Crippen LogP contribution < -0.4 is 20.3 Å². The third-order valence-electron chi connectivity index (χ3n) is 6.65. The van der Waals surface area contributed by atoms with Crippen LogP contribution in [0.3, 0.4) is 0 Å². The van der Waals surface area contributed by atoms with Gasteiger partial charge in [-0.3, -0.25) is 9.59 Å². The minimum Gasteiger partial charge on any atom is -0.493 e. The van der Waals surface area contributed by atoms with E-state index in [1.807, 2.05) is 44.2 Å². The van der Waals surface area contributed by atoms with E-state index >= 15 is 0 Å². The lowest BCUT2D eigenvalue weighted by atomic mass is 10.0. The molecule has 9 nitrogen and oxygen atoms in total. The Balaban J connectivity index is 1.55. The number of nitrogens with one attached hydrogen (secondary N) is 1. The van der Waals surface area contributed by atoms with Crippen LogP contribution in [-0.2, 0) is 22.5 Å². The zero-order valence-corrected chi connectivity index (χ0v) is 21.5. The Morgan fingerprint density at radius 1 is 1.00 bits per heavy atom. The van der Waals surface area contributed by atoms with Gasteiger partial charge in [0.25, 0.3) is 5.56 Å². The number of amides is 1. The van der Waals surface area contributed by atoms with Crippen LogP contribution in [0.2, 0.25) is 0 Å². The van der Waals surface area contributed by atoms with Gasteiger partial charge in [0.05, 0.1) is 31.0 Å². The van der Waals surface area contributed by atoms with Crippen molar-refractivity contribution in [3.05, 3.63) is 98.8 Å². The van der Waals surface area contributed by atoms with Gasteiger partial charge in [-0.15, -0.1) is 0 Å². The fraction of sp³-hybridized carbons (Fsp3) is 0.207. The fourth-order valence-corrected chi connectivity index (χ4v) is 4.51. The van der Waals surface area contributed by atoms with Crippen molar-refractivity contribution < 1.29 is 23.8 Å². The number of carbonyl (C=O) groups is 2. The number of esters is 1. The number of aryl methyl sites for hydroxylation is 2. The Hall–Kier alpha value is -4.79. The van der Waals surface area contributed by atoms with E-state index in [-0.39, 0.29) is 18.0 Å². The molecule has 5 rings (SSSR count). The van der Waals surface area contributed by atoms with E-state index in [1.165, 1.54) is 11.8 Å². The Morgan fingerprint density at radius 2 is 1.76 bits per heavy atom. The van der Waals surface area contributed by atoms with Crippen LogP contribution in [0.4, 0.5) is 5.69 Å². The Morgan fingerprint density at radius 3 is 2.45 bits per heavy atom. The molecule has 0 saturated carbocycles. The highest BCUT2D eigenvalue weighted by Crippen LogP contribution is 2.41. The predicted octanol–water partition coefficient (Wildman–Crippen LogP) is 4.39. The number of anilines is 1. The third-order valence-corrected chi connectivity index (χ3v) is 6.65. The molecule has 1 aliphatic heterocycles. The highest BCUT2D eigenvalue weighted by molar-refractivity contribution is 5.93. The lowest BCUT2D eigenvalue weighted by Gasteiger charge is -2.21. The van der Waals surface area contributed by atoms with Crippen LogP contribution in [0.25, 0.3) is 5.69 Å². The van der Waals surface area contributed by atoms with Crippen LogP contribution in [0, 0.1) is 13.8 Å². The summed E-state index contributed by atoms with van der Waals surface area (Å²) in [5.74, 6) is 0.516. The average molecular weight is 514 g/mol. The van der Waals surface area contributed by atoms with Gasteiger partial charge in [0, 0.05) is 17.7 Å². The molecule has 194 valence electrons. The Labute approximate surface area is 219 Å². The zero-order valence-electron chi connectivity index (χ0n) is 21.5. The van der Waals surface area contributed by atoms with E-state index in [1.54, 1.807) is 42.1 Å². The SMILES string of the molecule is COC(=O)c1ccc(NC(=O)Cn2c3c(c(=O)n2-c2ccc(C)c(C)c2)Cc2cccc(OC)c2O3)cc1. The summed E-state index contributed by atoms with van der Waals surface area (Å²) in [6, 6.07) is 17.6. The number of nitrogens with zero attached hydrogens (tertiary/aromatic N) is 2. The molecule has 0 spiro atoms. The van der Waals surface area contributed by atoms with Crippen LogP contribution in [0.1, 0.15) is 32.6 Å². The summed E-state index contributed by atoms with van der Waals surface area (Å²) >= 11 is 0. The molecule has 0 fully saturated rings. The second-order valence-electron chi connectivity index (χ2n) is 9.07. The van der Waals surface area contributed by atoms with E-state index in [4.69, 9.17) is 14.2 Å². The molecule has 2 heterocycles. The zero-order chi connectivity index (χ0) is 27.0. The number of hydrogen-bond acceptors (Lipinski definition) is 6. The number of hydrogen-bond donors (Lipinski definition) is 1. The first kappa shape index (κ1) is 24.9. The lowest BCUT2D eigenvalue weighted by Crippen LogP contribution is -2.27. The molecule has 0 bridgehead atoms. The van der Waals surface area contributed by atoms with E-state index < -0.39 is 5.97 Å². The number of fused-ring (bicyclic) bond motifs is 2. The minimum atomic E-state index is -0.466. The van der Waals surface area contributed by atoms with Crippen molar-refractivity contribution in [3.8, 4) is 23.1 Å². The molecular formula is C29H27N3O6. The number of methoxy groups -OCH3 is 2. The normalized spacial score (nSPS) is 11.7. The van der Waals surface area contributed by atoms with Gasteiger partial charge in [-0.1, -0.05) is 18.2 Å². The lowest BCUT2D eigenvalue weighted by molar-refractivity contribution is -0.117. The first-order chi connectivity index (χ1) is 18.3. The van der Waals surface area contributed by atoms with Crippen molar-refractivity contribution in [3.63, 3.8) is 0 Å². The molecule has 1 aromatic heterocycles. The topological polar surface area (TPSA) is 101 Å². The first-order valence-corrected chi connectivity index (χ1v) is 12.0. The molecule has 3 aromatic carbocycles. The smallest absolute Gasteiger partial charge is 0.337 e. The maximum atomic E-state index is 13.7. The van der Waals surface area contributed by atoms with Crippen LogP contribution in [0.5, 0.6) is 17.4 Å². The van der Waals surface area contributed by atoms with Crippen molar-refractivity contribution in [2.45, 2.75) is 26.8 Å². The molecule has 0 radical (unpaired) electrons. The molecule has 9 heteroatoms. The van der Waals surface area contributed by atoms with E-state index in [0.29, 0.717) is 46.3 Å². The van der Waals surface area contributed by atoms with Crippen LogP contribution in [-0.4, -0.2) is 35.5 Å². The maximum absolute atomic E-state index is 13.7. The third kappa shape index (κ3) is 4.43. The molecule has 0 atom stereocenters. The van der Waals surface area contributed by atoms with Gasteiger partial charge in [0.15, 0.2) is 11.5 Å². The molecule has 0 aliphatic carbocycles. The quantitative estimate of drug-likeness (QED) is 0.338. The van der Waals surface area contributed by atoms with E-state index in [2.05, 4.69) is 5.32 Å². The highest BCUT2D eigenvalue weighted by atomic mass is 16.5. The van der Waals surface area contributed by atoms with Crippen molar-refractivity contribution >= 4 is 17.6 Å². The van der Waals surface area contributed by atoms with Gasteiger partial charge in [-0.25, -0.2) is 14.2 Å². The molecule has 4 aromatic rings. The van der Waals surface area contributed by atoms with Crippen molar-refractivity contribution in [1.82, 2.24) is 9.36 Å². The monoisotopic (exact) mass is 513 g/mol.